The van der Waals surface area contributed by atoms with Crippen LogP contribution in [-0.2, 0) is 16.0 Å². The van der Waals surface area contributed by atoms with E-state index in [0.29, 0.717) is 26.4 Å². The molecule has 0 atom stereocenters. The van der Waals surface area contributed by atoms with Crippen molar-refractivity contribution in [3.05, 3.63) is 23.8 Å². The van der Waals surface area contributed by atoms with Gasteiger partial charge < -0.3 is 24.3 Å². The molecule has 0 bridgehead atoms. The van der Waals surface area contributed by atoms with E-state index in [0.717, 1.165) is 36.6 Å². The third-order valence-corrected chi connectivity index (χ3v) is 2.84. The third kappa shape index (κ3) is 6.80. The molecule has 120 valence electrons. The minimum Gasteiger partial charge on any atom is -0.490 e. The first-order valence-electron chi connectivity index (χ1n) is 7.42. The lowest BCUT2D eigenvalue weighted by Crippen LogP contribution is -2.12. The van der Waals surface area contributed by atoms with Crippen molar-refractivity contribution in [2.24, 2.45) is 0 Å². The summed E-state index contributed by atoms with van der Waals surface area (Å²) in [5, 5.41) is 3.14. The lowest BCUT2D eigenvalue weighted by Gasteiger charge is -2.16. The summed E-state index contributed by atoms with van der Waals surface area (Å²) in [4.78, 5) is 0. The molecule has 0 spiro atoms. The molecular formula is C16H27NO4. The van der Waals surface area contributed by atoms with Crippen LogP contribution in [0.5, 0.6) is 11.5 Å². The molecule has 0 heterocycles. The average molecular weight is 297 g/mol. The molecular weight excluding hydrogens is 270 g/mol. The maximum absolute atomic E-state index is 5.86. The summed E-state index contributed by atoms with van der Waals surface area (Å²) in [6.45, 7) is 5.80. The summed E-state index contributed by atoms with van der Waals surface area (Å²) in [5.74, 6) is 1.58. The zero-order valence-electron chi connectivity index (χ0n) is 13.3. The topological polar surface area (TPSA) is 49.0 Å². The number of nitrogens with one attached hydrogen (secondary N) is 1. The number of hydrogen-bond donors (Lipinski definition) is 1. The van der Waals surface area contributed by atoms with Gasteiger partial charge in [0, 0.05) is 32.4 Å². The predicted molar refractivity (Wildman–Crippen MR) is 83.2 cm³/mol. The molecule has 0 aliphatic carbocycles. The molecule has 1 N–H and O–H groups in total. The van der Waals surface area contributed by atoms with E-state index < -0.39 is 0 Å². The van der Waals surface area contributed by atoms with E-state index in [1.807, 2.05) is 32.2 Å². The van der Waals surface area contributed by atoms with Crippen LogP contribution in [0.2, 0.25) is 0 Å². The molecule has 0 radical (unpaired) electrons. The van der Waals surface area contributed by atoms with Crippen LogP contribution >= 0.6 is 0 Å². The van der Waals surface area contributed by atoms with Crippen LogP contribution in [0.3, 0.4) is 0 Å². The number of ether oxygens (including phenoxy) is 4. The van der Waals surface area contributed by atoms with E-state index >= 15 is 0 Å². The third-order valence-electron chi connectivity index (χ3n) is 2.84. The Morgan fingerprint density at radius 1 is 1.05 bits per heavy atom. The Balaban J connectivity index is 2.47. The van der Waals surface area contributed by atoms with Gasteiger partial charge in [0.2, 0.25) is 0 Å². The van der Waals surface area contributed by atoms with Gasteiger partial charge in [-0.15, -0.1) is 0 Å². The summed E-state index contributed by atoms with van der Waals surface area (Å²) < 4.78 is 21.9. The molecule has 0 aliphatic heterocycles. The van der Waals surface area contributed by atoms with E-state index in [2.05, 4.69) is 5.32 Å². The normalized spacial score (nSPS) is 10.6. The number of para-hydroxylation sites is 1. The molecule has 0 saturated heterocycles. The molecule has 0 aliphatic rings. The van der Waals surface area contributed by atoms with Gasteiger partial charge in [0.1, 0.15) is 6.61 Å². The van der Waals surface area contributed by atoms with E-state index in [-0.39, 0.29) is 0 Å². The SMILES string of the molecule is CCOc1cccc(CNC)c1OCCOCCCOC. The lowest BCUT2D eigenvalue weighted by molar-refractivity contribution is 0.0795. The Morgan fingerprint density at radius 2 is 1.90 bits per heavy atom. The van der Waals surface area contributed by atoms with Gasteiger partial charge in [-0.2, -0.15) is 0 Å². The van der Waals surface area contributed by atoms with Gasteiger partial charge in [0.15, 0.2) is 11.5 Å². The summed E-state index contributed by atoms with van der Waals surface area (Å²) in [5.41, 5.74) is 1.09. The molecule has 0 unspecified atom stereocenters. The van der Waals surface area contributed by atoms with Gasteiger partial charge in [-0.25, -0.2) is 0 Å². The van der Waals surface area contributed by atoms with Crippen LogP contribution in [0.15, 0.2) is 18.2 Å². The van der Waals surface area contributed by atoms with Crippen molar-refractivity contribution < 1.29 is 18.9 Å². The first-order valence-corrected chi connectivity index (χ1v) is 7.42. The number of hydrogen-bond acceptors (Lipinski definition) is 5. The van der Waals surface area contributed by atoms with Crippen molar-refractivity contribution in [1.82, 2.24) is 5.32 Å². The maximum Gasteiger partial charge on any atom is 0.165 e. The Morgan fingerprint density at radius 3 is 2.62 bits per heavy atom. The van der Waals surface area contributed by atoms with Crippen LogP contribution in [0.4, 0.5) is 0 Å². The Bertz CT molecular complexity index is 360. The highest BCUT2D eigenvalue weighted by Crippen LogP contribution is 2.31. The maximum atomic E-state index is 5.86. The predicted octanol–water partition coefficient (Wildman–Crippen LogP) is 2.24. The van der Waals surface area contributed by atoms with Gasteiger partial charge >= 0.3 is 0 Å². The van der Waals surface area contributed by atoms with Crippen molar-refractivity contribution in [2.75, 3.05) is 47.2 Å². The van der Waals surface area contributed by atoms with Crippen LogP contribution in [0, 0.1) is 0 Å². The quantitative estimate of drug-likeness (QED) is 0.600. The van der Waals surface area contributed by atoms with Gasteiger partial charge in [-0.3, -0.25) is 0 Å². The summed E-state index contributed by atoms with van der Waals surface area (Å²) in [6, 6.07) is 5.94. The monoisotopic (exact) mass is 297 g/mol. The van der Waals surface area contributed by atoms with E-state index in [1.165, 1.54) is 0 Å². The van der Waals surface area contributed by atoms with Crippen LogP contribution < -0.4 is 14.8 Å². The minimum atomic E-state index is 0.508. The first-order chi connectivity index (χ1) is 10.3. The fourth-order valence-corrected chi connectivity index (χ4v) is 1.93. The second-order valence-electron chi connectivity index (χ2n) is 4.51. The molecule has 21 heavy (non-hydrogen) atoms. The lowest BCUT2D eigenvalue weighted by atomic mass is 10.2. The highest BCUT2D eigenvalue weighted by molar-refractivity contribution is 5.46. The molecule has 1 aromatic carbocycles. The van der Waals surface area contributed by atoms with Crippen molar-refractivity contribution >= 4 is 0 Å². The van der Waals surface area contributed by atoms with E-state index in [1.54, 1.807) is 7.11 Å². The van der Waals surface area contributed by atoms with E-state index in [4.69, 9.17) is 18.9 Å². The second-order valence-corrected chi connectivity index (χ2v) is 4.51. The van der Waals surface area contributed by atoms with Gasteiger partial charge in [-0.05, 0) is 26.5 Å². The summed E-state index contributed by atoms with van der Waals surface area (Å²) >= 11 is 0. The highest BCUT2D eigenvalue weighted by Gasteiger charge is 2.10. The zero-order valence-corrected chi connectivity index (χ0v) is 13.3. The Labute approximate surface area is 127 Å². The Kier molecular flexibility index (Phi) is 9.61. The molecule has 0 fully saturated rings. The number of rotatable bonds is 12. The van der Waals surface area contributed by atoms with E-state index in [9.17, 15) is 0 Å². The summed E-state index contributed by atoms with van der Waals surface area (Å²) in [6.07, 6.45) is 0.900. The van der Waals surface area contributed by atoms with Crippen LogP contribution in [-0.4, -0.2) is 47.2 Å². The van der Waals surface area contributed by atoms with Crippen molar-refractivity contribution in [3.8, 4) is 11.5 Å². The van der Waals surface area contributed by atoms with Crippen molar-refractivity contribution in [3.63, 3.8) is 0 Å². The van der Waals surface area contributed by atoms with Crippen LogP contribution in [0.1, 0.15) is 18.9 Å². The Hall–Kier alpha value is -1.30. The number of methoxy groups -OCH3 is 1. The molecule has 5 heteroatoms. The minimum absolute atomic E-state index is 0.508. The fourth-order valence-electron chi connectivity index (χ4n) is 1.93. The average Bonchev–Trinajstić information content (AvgIpc) is 2.49. The zero-order chi connectivity index (χ0) is 15.3. The second kappa shape index (κ2) is 11.4. The molecule has 1 rings (SSSR count). The largest absolute Gasteiger partial charge is 0.490 e. The van der Waals surface area contributed by atoms with Crippen molar-refractivity contribution in [2.45, 2.75) is 19.9 Å². The van der Waals surface area contributed by atoms with Gasteiger partial charge in [-0.1, -0.05) is 12.1 Å². The first kappa shape index (κ1) is 17.8. The molecule has 0 amide bonds. The molecule has 0 aromatic heterocycles. The van der Waals surface area contributed by atoms with Gasteiger partial charge in [0.25, 0.3) is 0 Å². The highest BCUT2D eigenvalue weighted by atomic mass is 16.5. The molecule has 5 nitrogen and oxygen atoms in total. The fraction of sp³-hybridized carbons (Fsp3) is 0.625. The van der Waals surface area contributed by atoms with Crippen molar-refractivity contribution in [1.29, 1.82) is 0 Å². The molecule has 1 aromatic rings. The summed E-state index contributed by atoms with van der Waals surface area (Å²) in [7, 11) is 3.60. The molecule has 0 saturated carbocycles. The number of benzene rings is 1. The van der Waals surface area contributed by atoms with Gasteiger partial charge in [0.05, 0.1) is 13.2 Å². The van der Waals surface area contributed by atoms with Crippen LogP contribution in [0.25, 0.3) is 0 Å². The standard InChI is InChI=1S/C16H27NO4/c1-4-20-15-8-5-7-14(13-17-2)16(15)21-12-11-19-10-6-9-18-3/h5,7-8,17H,4,6,9-13H2,1-3H3. The smallest absolute Gasteiger partial charge is 0.165 e.